The summed E-state index contributed by atoms with van der Waals surface area (Å²) in [6.45, 7) is 0. The van der Waals surface area contributed by atoms with Gasteiger partial charge in [-0.15, -0.1) is 0 Å². The normalized spacial score (nSPS) is 10.2. The van der Waals surface area contributed by atoms with Crippen molar-refractivity contribution in [3.63, 3.8) is 0 Å². The van der Waals surface area contributed by atoms with Gasteiger partial charge in [0, 0.05) is 0 Å². The zero-order chi connectivity index (χ0) is 12.8. The van der Waals surface area contributed by atoms with Crippen LogP contribution in [0.1, 0.15) is 11.1 Å². The molecule has 1 aromatic carbocycles. The molecule has 1 aromatic heterocycles. The van der Waals surface area contributed by atoms with Crippen molar-refractivity contribution < 1.29 is 0 Å². The summed E-state index contributed by atoms with van der Waals surface area (Å²) in [7, 11) is 0. The first-order valence-electron chi connectivity index (χ1n) is 5.13. The monoisotopic (exact) mass is 239 g/mol. The maximum absolute atomic E-state index is 11.3. The number of hydrazone groups is 1. The van der Waals surface area contributed by atoms with E-state index in [-0.39, 0.29) is 11.5 Å². The number of rotatable bonds is 3. The van der Waals surface area contributed by atoms with E-state index in [9.17, 15) is 4.79 Å². The molecule has 0 atom stereocenters. The number of nitrogens with one attached hydrogen (secondary N) is 2. The minimum absolute atomic E-state index is 0.0346. The van der Waals surface area contributed by atoms with E-state index in [2.05, 4.69) is 20.5 Å². The van der Waals surface area contributed by atoms with Crippen LogP contribution in [-0.2, 0) is 0 Å². The van der Waals surface area contributed by atoms with E-state index in [1.807, 2.05) is 30.3 Å². The van der Waals surface area contributed by atoms with Crippen LogP contribution in [0.15, 0.2) is 46.4 Å². The Morgan fingerprint density at radius 2 is 2.17 bits per heavy atom. The summed E-state index contributed by atoms with van der Waals surface area (Å²) in [4.78, 5) is 17.5. The fraction of sp³-hybridized carbons (Fsp3) is 0. The highest BCUT2D eigenvalue weighted by Crippen LogP contribution is 1.96. The fourth-order valence-electron chi connectivity index (χ4n) is 1.24. The molecule has 18 heavy (non-hydrogen) atoms. The molecule has 0 bridgehead atoms. The molecule has 0 fully saturated rings. The number of aromatic amines is 1. The Kier molecular flexibility index (Phi) is 3.47. The van der Waals surface area contributed by atoms with Gasteiger partial charge in [-0.25, -0.2) is 10.4 Å². The van der Waals surface area contributed by atoms with E-state index in [1.165, 1.54) is 6.20 Å². The SMILES string of the molecule is N#Cc1cnc(NN=Cc2ccccc2)[nH]c1=O. The Hall–Kier alpha value is -2.94. The molecule has 88 valence electrons. The number of anilines is 1. The Balaban J connectivity index is 2.08. The van der Waals surface area contributed by atoms with E-state index in [4.69, 9.17) is 5.26 Å². The molecule has 0 aliphatic carbocycles. The highest BCUT2D eigenvalue weighted by Gasteiger charge is 1.99. The van der Waals surface area contributed by atoms with Crippen molar-refractivity contribution in [2.45, 2.75) is 0 Å². The first-order chi connectivity index (χ1) is 8.79. The summed E-state index contributed by atoms with van der Waals surface area (Å²) in [6.07, 6.45) is 2.79. The number of nitrogens with zero attached hydrogens (tertiary/aromatic N) is 3. The van der Waals surface area contributed by atoms with Crippen LogP contribution in [0, 0.1) is 11.3 Å². The maximum Gasteiger partial charge on any atom is 0.270 e. The third-order valence-electron chi connectivity index (χ3n) is 2.10. The number of nitriles is 1. The van der Waals surface area contributed by atoms with E-state index < -0.39 is 5.56 Å². The summed E-state index contributed by atoms with van der Waals surface area (Å²) >= 11 is 0. The third-order valence-corrected chi connectivity index (χ3v) is 2.10. The van der Waals surface area contributed by atoms with Crippen LogP contribution in [0.25, 0.3) is 0 Å². The average molecular weight is 239 g/mol. The zero-order valence-electron chi connectivity index (χ0n) is 9.29. The molecule has 0 spiro atoms. The van der Waals surface area contributed by atoms with Crippen LogP contribution in [-0.4, -0.2) is 16.2 Å². The quantitative estimate of drug-likeness (QED) is 0.619. The fourth-order valence-corrected chi connectivity index (χ4v) is 1.24. The average Bonchev–Trinajstić information content (AvgIpc) is 2.40. The van der Waals surface area contributed by atoms with Crippen LogP contribution in [0.4, 0.5) is 5.95 Å². The first-order valence-corrected chi connectivity index (χ1v) is 5.13. The molecule has 6 heteroatoms. The molecule has 2 N–H and O–H groups in total. The van der Waals surface area contributed by atoms with Gasteiger partial charge in [-0.3, -0.25) is 9.78 Å². The smallest absolute Gasteiger partial charge is 0.270 e. The highest BCUT2D eigenvalue weighted by atomic mass is 16.1. The molecule has 6 nitrogen and oxygen atoms in total. The molecule has 0 amide bonds. The van der Waals surface area contributed by atoms with Gasteiger partial charge in [-0.1, -0.05) is 30.3 Å². The Morgan fingerprint density at radius 1 is 1.39 bits per heavy atom. The highest BCUT2D eigenvalue weighted by molar-refractivity contribution is 5.79. The van der Waals surface area contributed by atoms with E-state index in [1.54, 1.807) is 12.3 Å². The van der Waals surface area contributed by atoms with Crippen molar-refractivity contribution in [3.8, 4) is 6.07 Å². The molecule has 0 saturated carbocycles. The second-order valence-electron chi connectivity index (χ2n) is 3.37. The predicted octanol–water partition coefficient (Wildman–Crippen LogP) is 1.09. The van der Waals surface area contributed by atoms with E-state index in [0.29, 0.717) is 0 Å². The lowest BCUT2D eigenvalue weighted by molar-refractivity contribution is 1.07. The van der Waals surface area contributed by atoms with Gasteiger partial charge < -0.3 is 0 Å². The Morgan fingerprint density at radius 3 is 2.83 bits per heavy atom. The Bertz CT molecular complexity index is 654. The van der Waals surface area contributed by atoms with Crippen LogP contribution < -0.4 is 11.0 Å². The molecular formula is C12H9N5O. The van der Waals surface area contributed by atoms with Gasteiger partial charge in [0.2, 0.25) is 5.95 Å². The van der Waals surface area contributed by atoms with Crippen LogP contribution in [0.2, 0.25) is 0 Å². The molecule has 2 aromatic rings. The molecular weight excluding hydrogens is 230 g/mol. The van der Waals surface area contributed by atoms with Gasteiger partial charge in [0.1, 0.15) is 11.6 Å². The predicted molar refractivity (Wildman–Crippen MR) is 67.2 cm³/mol. The molecule has 1 heterocycles. The molecule has 2 rings (SSSR count). The molecule has 0 unspecified atom stereocenters. The number of hydrogen-bond donors (Lipinski definition) is 2. The molecule has 0 aliphatic heterocycles. The first kappa shape index (κ1) is 11.5. The summed E-state index contributed by atoms with van der Waals surface area (Å²) in [5.41, 5.74) is 2.97. The van der Waals surface area contributed by atoms with E-state index in [0.717, 1.165) is 5.56 Å². The van der Waals surface area contributed by atoms with Crippen molar-refractivity contribution in [2.24, 2.45) is 5.10 Å². The standard InChI is InChI=1S/C12H9N5O/c13-6-10-8-14-12(16-11(10)18)17-15-7-9-4-2-1-3-5-9/h1-5,7-8H,(H2,14,16,17,18). The second-order valence-corrected chi connectivity index (χ2v) is 3.37. The lowest BCUT2D eigenvalue weighted by atomic mass is 10.2. The van der Waals surface area contributed by atoms with Crippen LogP contribution >= 0.6 is 0 Å². The topological polar surface area (TPSA) is 93.9 Å². The summed E-state index contributed by atoms with van der Waals surface area (Å²) in [5.74, 6) is 0.186. The lowest BCUT2D eigenvalue weighted by Crippen LogP contribution is -2.13. The van der Waals surface area contributed by atoms with Gasteiger partial charge >= 0.3 is 0 Å². The summed E-state index contributed by atoms with van der Waals surface area (Å²) < 4.78 is 0. The maximum atomic E-state index is 11.3. The largest absolute Gasteiger partial charge is 0.290 e. The number of hydrogen-bond acceptors (Lipinski definition) is 5. The van der Waals surface area contributed by atoms with Crippen LogP contribution in [0.5, 0.6) is 0 Å². The van der Waals surface area contributed by atoms with Gasteiger partial charge in [0.25, 0.3) is 5.56 Å². The minimum atomic E-state index is -0.495. The van der Waals surface area contributed by atoms with E-state index >= 15 is 0 Å². The van der Waals surface area contributed by atoms with Crippen molar-refractivity contribution in [2.75, 3.05) is 5.43 Å². The van der Waals surface area contributed by atoms with Crippen molar-refractivity contribution >= 4 is 12.2 Å². The molecule has 0 radical (unpaired) electrons. The minimum Gasteiger partial charge on any atom is -0.290 e. The molecule has 0 aliphatic rings. The number of H-pyrrole nitrogens is 1. The summed E-state index contributed by atoms with van der Waals surface area (Å²) in [5, 5.41) is 12.5. The summed E-state index contributed by atoms with van der Waals surface area (Å²) in [6, 6.07) is 11.2. The van der Waals surface area contributed by atoms with Crippen molar-refractivity contribution in [3.05, 3.63) is 58.0 Å². The second kappa shape index (κ2) is 5.41. The van der Waals surface area contributed by atoms with Gasteiger partial charge in [-0.05, 0) is 5.56 Å². The lowest BCUT2D eigenvalue weighted by Gasteiger charge is -1.98. The van der Waals surface area contributed by atoms with Gasteiger partial charge in [-0.2, -0.15) is 10.4 Å². The number of aromatic nitrogens is 2. The van der Waals surface area contributed by atoms with Crippen molar-refractivity contribution in [1.82, 2.24) is 9.97 Å². The van der Waals surface area contributed by atoms with Gasteiger partial charge in [0.05, 0.1) is 12.4 Å². The third kappa shape index (κ3) is 2.80. The number of benzene rings is 1. The van der Waals surface area contributed by atoms with Crippen LogP contribution in [0.3, 0.4) is 0 Å². The zero-order valence-corrected chi connectivity index (χ0v) is 9.29. The molecule has 0 saturated heterocycles. The Labute approximate surface area is 103 Å². The van der Waals surface area contributed by atoms with Gasteiger partial charge in [0.15, 0.2) is 0 Å². The van der Waals surface area contributed by atoms with Crippen molar-refractivity contribution in [1.29, 1.82) is 5.26 Å².